The van der Waals surface area contributed by atoms with Crippen LogP contribution in [0.25, 0.3) is 0 Å². The smallest absolute Gasteiger partial charge is 0.323 e. The molecule has 0 aliphatic heterocycles. The van der Waals surface area contributed by atoms with Crippen molar-refractivity contribution < 1.29 is 23.1 Å². The lowest BCUT2D eigenvalue weighted by Gasteiger charge is -2.22. The third-order valence-corrected chi connectivity index (χ3v) is 4.68. The molecular weight excluding hydrogens is 332 g/mol. The molecule has 0 bridgehead atoms. The number of nitrogens with one attached hydrogen (secondary N) is 1. The van der Waals surface area contributed by atoms with Crippen molar-refractivity contribution in [1.82, 2.24) is 9.62 Å². The molecule has 0 saturated carbocycles. The van der Waals surface area contributed by atoms with Crippen molar-refractivity contribution in [3.8, 4) is 0 Å². The van der Waals surface area contributed by atoms with E-state index < -0.39 is 28.4 Å². The Hall–Kier alpha value is -1.93. The van der Waals surface area contributed by atoms with Crippen LogP contribution in [0.3, 0.4) is 0 Å². The fourth-order valence-electron chi connectivity index (χ4n) is 2.16. The summed E-state index contributed by atoms with van der Waals surface area (Å²) >= 11 is 0. The Bertz CT molecular complexity index is 681. The summed E-state index contributed by atoms with van der Waals surface area (Å²) in [6.07, 6.45) is 0. The van der Waals surface area contributed by atoms with E-state index in [0.717, 1.165) is 0 Å². The molecule has 2 N–H and O–H groups in total. The number of carbonyl (C=O) groups excluding carboxylic acids is 1. The van der Waals surface area contributed by atoms with Crippen molar-refractivity contribution in [3.63, 3.8) is 0 Å². The predicted octanol–water partition coefficient (Wildman–Crippen LogP) is 1.56. The molecule has 0 heterocycles. The molecule has 0 unspecified atom stereocenters. The van der Waals surface area contributed by atoms with Gasteiger partial charge in [0.2, 0.25) is 10.0 Å². The van der Waals surface area contributed by atoms with Gasteiger partial charge in [0.1, 0.15) is 6.54 Å². The highest BCUT2D eigenvalue weighted by Crippen LogP contribution is 2.13. The number of rotatable bonds is 8. The minimum atomic E-state index is -3.63. The van der Waals surface area contributed by atoms with E-state index in [1.807, 2.05) is 13.8 Å². The largest absolute Gasteiger partial charge is 0.480 e. The number of nitrogens with zero attached hydrogens (tertiary/aromatic N) is 1. The lowest BCUT2D eigenvalue weighted by Crippen LogP contribution is -2.38. The van der Waals surface area contributed by atoms with Crippen molar-refractivity contribution in [1.29, 1.82) is 0 Å². The van der Waals surface area contributed by atoms with Crippen LogP contribution in [0.5, 0.6) is 0 Å². The topological polar surface area (TPSA) is 104 Å². The highest BCUT2D eigenvalue weighted by molar-refractivity contribution is 7.89. The second kappa shape index (κ2) is 8.25. The zero-order valence-corrected chi connectivity index (χ0v) is 15.1. The van der Waals surface area contributed by atoms with E-state index in [2.05, 4.69) is 4.72 Å². The van der Waals surface area contributed by atoms with E-state index in [1.54, 1.807) is 13.8 Å². The summed E-state index contributed by atoms with van der Waals surface area (Å²) in [7, 11) is -3.63. The van der Waals surface area contributed by atoms with Gasteiger partial charge in [-0.05, 0) is 44.0 Å². The standard InChI is InChI=1S/C16H24N2O5S/c1-11(2)9-18(10-15(19)20)16(21)13-5-7-14(8-6-13)24(22,23)17-12(3)4/h5-8,11-12,17H,9-10H2,1-4H3,(H,19,20). The zero-order chi connectivity index (χ0) is 18.5. The van der Waals surface area contributed by atoms with Crippen molar-refractivity contribution >= 4 is 21.9 Å². The summed E-state index contributed by atoms with van der Waals surface area (Å²) < 4.78 is 26.6. The number of carboxylic acids is 1. The average molecular weight is 356 g/mol. The highest BCUT2D eigenvalue weighted by atomic mass is 32.2. The second-order valence-electron chi connectivity index (χ2n) is 6.27. The van der Waals surface area contributed by atoms with Crippen LogP contribution < -0.4 is 4.72 Å². The molecule has 0 aliphatic carbocycles. The Kier molecular flexibility index (Phi) is 6.92. The Morgan fingerprint density at radius 3 is 2.08 bits per heavy atom. The first kappa shape index (κ1) is 20.1. The van der Waals surface area contributed by atoms with Gasteiger partial charge in [0, 0.05) is 18.2 Å². The number of benzene rings is 1. The van der Waals surface area contributed by atoms with Gasteiger partial charge in [0.25, 0.3) is 5.91 Å². The van der Waals surface area contributed by atoms with Gasteiger partial charge in [-0.1, -0.05) is 13.8 Å². The summed E-state index contributed by atoms with van der Waals surface area (Å²) in [4.78, 5) is 24.7. The van der Waals surface area contributed by atoms with Crippen molar-refractivity contribution in [2.24, 2.45) is 5.92 Å². The molecule has 134 valence electrons. The van der Waals surface area contributed by atoms with Crippen LogP contribution >= 0.6 is 0 Å². The predicted molar refractivity (Wildman–Crippen MR) is 90.3 cm³/mol. The average Bonchev–Trinajstić information content (AvgIpc) is 2.43. The molecule has 1 amide bonds. The monoisotopic (exact) mass is 356 g/mol. The maximum Gasteiger partial charge on any atom is 0.323 e. The lowest BCUT2D eigenvalue weighted by molar-refractivity contribution is -0.137. The van der Waals surface area contributed by atoms with Crippen LogP contribution in [0, 0.1) is 5.92 Å². The van der Waals surface area contributed by atoms with Gasteiger partial charge in [-0.15, -0.1) is 0 Å². The molecule has 0 atom stereocenters. The normalized spacial score (nSPS) is 11.8. The summed E-state index contributed by atoms with van der Waals surface area (Å²) in [6, 6.07) is 5.23. The van der Waals surface area contributed by atoms with Gasteiger partial charge in [0.05, 0.1) is 4.90 Å². The SMILES string of the molecule is CC(C)CN(CC(=O)O)C(=O)c1ccc(S(=O)(=O)NC(C)C)cc1. The van der Waals surface area contributed by atoms with Crippen LogP contribution in [0.2, 0.25) is 0 Å². The molecule has 0 radical (unpaired) electrons. The van der Waals surface area contributed by atoms with Crippen molar-refractivity contribution in [2.75, 3.05) is 13.1 Å². The second-order valence-corrected chi connectivity index (χ2v) is 7.99. The van der Waals surface area contributed by atoms with Crippen LogP contribution in [-0.2, 0) is 14.8 Å². The summed E-state index contributed by atoms with van der Waals surface area (Å²) in [5, 5.41) is 8.95. The molecule has 0 spiro atoms. The molecular formula is C16H24N2O5S. The number of hydrogen-bond donors (Lipinski definition) is 2. The zero-order valence-electron chi connectivity index (χ0n) is 14.3. The Morgan fingerprint density at radius 1 is 1.12 bits per heavy atom. The molecule has 1 aromatic carbocycles. The van der Waals surface area contributed by atoms with E-state index in [-0.39, 0.29) is 22.4 Å². The van der Waals surface area contributed by atoms with E-state index in [0.29, 0.717) is 6.54 Å². The fraction of sp³-hybridized carbons (Fsp3) is 0.500. The number of amides is 1. The number of aliphatic carboxylic acids is 1. The number of carboxylic acid groups (broad SMARTS) is 1. The molecule has 0 aliphatic rings. The Balaban J connectivity index is 3.01. The van der Waals surface area contributed by atoms with Gasteiger partial charge >= 0.3 is 5.97 Å². The Labute approximate surface area is 142 Å². The van der Waals surface area contributed by atoms with Crippen LogP contribution in [0.4, 0.5) is 0 Å². The summed E-state index contributed by atoms with van der Waals surface area (Å²) in [5.41, 5.74) is 0.250. The van der Waals surface area contributed by atoms with Crippen molar-refractivity contribution in [3.05, 3.63) is 29.8 Å². The molecule has 1 aromatic rings. The molecule has 7 nitrogen and oxygen atoms in total. The van der Waals surface area contributed by atoms with E-state index in [1.165, 1.54) is 29.2 Å². The molecule has 0 fully saturated rings. The number of hydrogen-bond acceptors (Lipinski definition) is 4. The maximum absolute atomic E-state index is 12.5. The van der Waals surface area contributed by atoms with Gasteiger partial charge < -0.3 is 10.0 Å². The first-order chi connectivity index (χ1) is 11.0. The van der Waals surface area contributed by atoms with Crippen LogP contribution in [0.1, 0.15) is 38.1 Å². The number of carbonyl (C=O) groups is 2. The third kappa shape index (κ3) is 5.93. The Morgan fingerprint density at radius 2 is 1.67 bits per heavy atom. The quantitative estimate of drug-likeness (QED) is 0.735. The van der Waals surface area contributed by atoms with Gasteiger partial charge in [0.15, 0.2) is 0 Å². The first-order valence-corrected chi connectivity index (χ1v) is 9.14. The minimum absolute atomic E-state index is 0.0568. The van der Waals surface area contributed by atoms with Crippen molar-refractivity contribution in [2.45, 2.75) is 38.6 Å². The van der Waals surface area contributed by atoms with Crippen LogP contribution in [-0.4, -0.2) is 49.4 Å². The molecule has 0 saturated heterocycles. The summed E-state index contributed by atoms with van der Waals surface area (Å²) in [6.45, 7) is 7.10. The van der Waals surface area contributed by atoms with Gasteiger partial charge in [-0.3, -0.25) is 9.59 Å². The van der Waals surface area contributed by atoms with E-state index in [9.17, 15) is 18.0 Å². The lowest BCUT2D eigenvalue weighted by atomic mass is 10.1. The molecule has 24 heavy (non-hydrogen) atoms. The number of sulfonamides is 1. The molecule has 8 heteroatoms. The van der Waals surface area contributed by atoms with Gasteiger partial charge in [-0.2, -0.15) is 0 Å². The van der Waals surface area contributed by atoms with E-state index >= 15 is 0 Å². The van der Waals surface area contributed by atoms with Crippen LogP contribution in [0.15, 0.2) is 29.2 Å². The van der Waals surface area contributed by atoms with Gasteiger partial charge in [-0.25, -0.2) is 13.1 Å². The molecule has 1 rings (SSSR count). The fourth-order valence-corrected chi connectivity index (χ4v) is 3.41. The first-order valence-electron chi connectivity index (χ1n) is 7.66. The molecule has 0 aromatic heterocycles. The van der Waals surface area contributed by atoms with E-state index in [4.69, 9.17) is 5.11 Å². The highest BCUT2D eigenvalue weighted by Gasteiger charge is 2.21. The maximum atomic E-state index is 12.5. The minimum Gasteiger partial charge on any atom is -0.480 e. The summed E-state index contributed by atoms with van der Waals surface area (Å²) in [5.74, 6) is -1.42. The third-order valence-electron chi connectivity index (χ3n) is 3.00.